The zero-order valence-corrected chi connectivity index (χ0v) is 17.3. The average molecular weight is 438 g/mol. The number of amides is 2. The van der Waals surface area contributed by atoms with Crippen molar-refractivity contribution in [3.8, 4) is 0 Å². The minimum Gasteiger partial charge on any atom is -0.361 e. The van der Waals surface area contributed by atoms with Crippen LogP contribution in [0.25, 0.3) is 33.1 Å². The monoisotopic (exact) mass is 438 g/mol. The number of nitrogens with one attached hydrogen (secondary N) is 1. The summed E-state index contributed by atoms with van der Waals surface area (Å²) in [5.41, 5.74) is 2.59. The molecular weight excluding hydrogens is 423 g/mol. The Kier molecular flexibility index (Phi) is 4.00. The molecule has 160 valence electrons. The molecule has 0 bridgehead atoms. The third-order valence-corrected chi connectivity index (χ3v) is 5.76. The highest BCUT2D eigenvalue weighted by atomic mass is 19.1. The molecule has 8 nitrogen and oxygen atoms in total. The van der Waals surface area contributed by atoms with E-state index < -0.39 is 17.6 Å². The molecule has 33 heavy (non-hydrogen) atoms. The number of halogens is 1. The topological polar surface area (TPSA) is 96.8 Å². The number of nitrogens with zero attached hydrogens (tertiary/aromatic N) is 5. The van der Waals surface area contributed by atoms with Gasteiger partial charge in [-0.25, -0.2) is 14.0 Å². The second-order valence-electron chi connectivity index (χ2n) is 7.66. The summed E-state index contributed by atoms with van der Waals surface area (Å²) >= 11 is 0. The number of fused-ring (bicyclic) bond motifs is 2. The molecule has 0 saturated carbocycles. The molecular formula is C24H15FN6O2. The van der Waals surface area contributed by atoms with Crippen molar-refractivity contribution in [2.45, 2.75) is 0 Å². The SMILES string of the molecule is Cn1nc(C2=C(c3c[nH]c4ccc(F)cc34)C(=O)N(c3ccccc3)C2=O)c2ccnnc21. The Hall–Kier alpha value is -4.66. The summed E-state index contributed by atoms with van der Waals surface area (Å²) in [7, 11) is 1.69. The number of H-pyrrole nitrogens is 1. The maximum absolute atomic E-state index is 14.1. The number of para-hydroxylation sites is 1. The number of carbonyl (C=O) groups is 2. The Morgan fingerprint density at radius 1 is 0.939 bits per heavy atom. The summed E-state index contributed by atoms with van der Waals surface area (Å²) in [6.45, 7) is 0. The van der Waals surface area contributed by atoms with Gasteiger partial charge < -0.3 is 4.98 Å². The van der Waals surface area contributed by atoms with E-state index in [0.717, 1.165) is 4.90 Å². The molecule has 0 spiro atoms. The molecule has 0 atom stereocenters. The molecule has 5 aromatic rings. The van der Waals surface area contributed by atoms with Crippen molar-refractivity contribution in [1.82, 2.24) is 25.0 Å². The van der Waals surface area contributed by atoms with Crippen molar-refractivity contribution in [2.75, 3.05) is 4.90 Å². The lowest BCUT2D eigenvalue weighted by Gasteiger charge is -2.14. The van der Waals surface area contributed by atoms with Gasteiger partial charge in [0.1, 0.15) is 11.5 Å². The Morgan fingerprint density at radius 2 is 1.73 bits per heavy atom. The van der Waals surface area contributed by atoms with Crippen molar-refractivity contribution in [1.29, 1.82) is 0 Å². The first-order valence-electron chi connectivity index (χ1n) is 10.1. The van der Waals surface area contributed by atoms with Crippen molar-refractivity contribution in [2.24, 2.45) is 7.05 Å². The standard InChI is InChI=1S/C24H15FN6O2/c1-30-22-15(9-10-27-28-22)21(29-30)20-19(17-12-26-18-8-7-13(25)11-16(17)18)23(32)31(24(20)33)14-5-3-2-4-6-14/h2-12,26H,1H3. The van der Waals surface area contributed by atoms with Crippen LogP contribution in [0.15, 0.2) is 67.0 Å². The normalized spacial score (nSPS) is 14.3. The lowest BCUT2D eigenvalue weighted by Crippen LogP contribution is -2.31. The van der Waals surface area contributed by atoms with Gasteiger partial charge in [-0.1, -0.05) is 18.2 Å². The number of rotatable bonds is 3. The van der Waals surface area contributed by atoms with Crippen LogP contribution < -0.4 is 4.90 Å². The molecule has 6 rings (SSSR count). The first-order valence-corrected chi connectivity index (χ1v) is 10.1. The number of hydrogen-bond acceptors (Lipinski definition) is 5. The highest BCUT2D eigenvalue weighted by Gasteiger charge is 2.43. The van der Waals surface area contributed by atoms with E-state index >= 15 is 0 Å². The molecule has 4 heterocycles. The second kappa shape index (κ2) is 6.92. The van der Waals surface area contributed by atoms with Gasteiger partial charge in [0, 0.05) is 29.7 Å². The van der Waals surface area contributed by atoms with Gasteiger partial charge in [0.15, 0.2) is 5.65 Å². The number of aromatic nitrogens is 5. The van der Waals surface area contributed by atoms with E-state index in [9.17, 15) is 14.0 Å². The van der Waals surface area contributed by atoms with Crippen LogP contribution in [0.2, 0.25) is 0 Å². The predicted octanol–water partition coefficient (Wildman–Crippen LogP) is 3.47. The number of carbonyl (C=O) groups excluding carboxylic acids is 2. The second-order valence-corrected chi connectivity index (χ2v) is 7.66. The van der Waals surface area contributed by atoms with Crippen LogP contribution in [0.3, 0.4) is 0 Å². The Morgan fingerprint density at radius 3 is 2.55 bits per heavy atom. The van der Waals surface area contributed by atoms with Crippen LogP contribution in [0, 0.1) is 5.82 Å². The third-order valence-electron chi connectivity index (χ3n) is 5.76. The summed E-state index contributed by atoms with van der Waals surface area (Å²) in [5, 5.41) is 13.6. The zero-order valence-electron chi connectivity index (χ0n) is 17.3. The molecule has 0 radical (unpaired) electrons. The fraction of sp³-hybridized carbons (Fsp3) is 0.0417. The van der Waals surface area contributed by atoms with Gasteiger partial charge in [0.25, 0.3) is 11.8 Å². The highest BCUT2D eigenvalue weighted by molar-refractivity contribution is 6.58. The summed E-state index contributed by atoms with van der Waals surface area (Å²) < 4.78 is 15.6. The van der Waals surface area contributed by atoms with Crippen LogP contribution >= 0.6 is 0 Å². The van der Waals surface area contributed by atoms with E-state index in [4.69, 9.17) is 0 Å². The molecule has 0 aliphatic carbocycles. The third kappa shape index (κ3) is 2.72. The first-order chi connectivity index (χ1) is 16.0. The van der Waals surface area contributed by atoms with Crippen molar-refractivity contribution < 1.29 is 14.0 Å². The molecule has 1 aliphatic rings. The largest absolute Gasteiger partial charge is 0.361 e. The molecule has 0 saturated heterocycles. The van der Waals surface area contributed by atoms with E-state index in [1.165, 1.54) is 23.0 Å². The Labute approximate surface area is 186 Å². The lowest BCUT2D eigenvalue weighted by molar-refractivity contribution is -0.119. The van der Waals surface area contributed by atoms with Gasteiger partial charge >= 0.3 is 0 Å². The maximum Gasteiger partial charge on any atom is 0.268 e. The molecule has 1 aliphatic heterocycles. The predicted molar refractivity (Wildman–Crippen MR) is 120 cm³/mol. The van der Waals surface area contributed by atoms with Gasteiger partial charge in [0.2, 0.25) is 0 Å². The van der Waals surface area contributed by atoms with Gasteiger partial charge in [-0.3, -0.25) is 9.59 Å². The van der Waals surface area contributed by atoms with E-state index in [1.54, 1.807) is 55.7 Å². The molecule has 0 unspecified atom stereocenters. The van der Waals surface area contributed by atoms with Crippen LogP contribution in [-0.2, 0) is 16.6 Å². The van der Waals surface area contributed by atoms with Gasteiger partial charge in [-0.05, 0) is 36.4 Å². The fourth-order valence-electron chi connectivity index (χ4n) is 4.29. The lowest BCUT2D eigenvalue weighted by atomic mass is 9.98. The Balaban J connectivity index is 1.68. The van der Waals surface area contributed by atoms with Gasteiger partial charge in [0.05, 0.1) is 28.4 Å². The molecule has 9 heteroatoms. The smallest absolute Gasteiger partial charge is 0.268 e. The zero-order chi connectivity index (χ0) is 22.7. The van der Waals surface area contributed by atoms with Crippen LogP contribution in [0.1, 0.15) is 11.3 Å². The molecule has 1 N–H and O–H groups in total. The summed E-state index contributed by atoms with van der Waals surface area (Å²) in [5.74, 6) is -1.46. The van der Waals surface area contributed by atoms with Crippen LogP contribution in [0.5, 0.6) is 0 Å². The van der Waals surface area contributed by atoms with Crippen LogP contribution in [0.4, 0.5) is 10.1 Å². The summed E-state index contributed by atoms with van der Waals surface area (Å²) in [6.07, 6.45) is 3.12. The quantitative estimate of drug-likeness (QED) is 0.435. The van der Waals surface area contributed by atoms with E-state index in [1.807, 2.05) is 0 Å². The number of aryl methyl sites for hydroxylation is 1. The summed E-state index contributed by atoms with van der Waals surface area (Å²) in [4.78, 5) is 31.7. The van der Waals surface area contributed by atoms with Crippen molar-refractivity contribution in [3.63, 3.8) is 0 Å². The van der Waals surface area contributed by atoms with Crippen molar-refractivity contribution in [3.05, 3.63) is 84.1 Å². The highest BCUT2D eigenvalue weighted by Crippen LogP contribution is 2.41. The summed E-state index contributed by atoms with van der Waals surface area (Å²) in [6, 6.07) is 14.7. The average Bonchev–Trinajstić information content (AvgIpc) is 3.46. The number of aromatic amines is 1. The van der Waals surface area contributed by atoms with E-state index in [0.29, 0.717) is 38.9 Å². The maximum atomic E-state index is 14.1. The minimum atomic E-state index is -0.510. The minimum absolute atomic E-state index is 0.132. The molecule has 0 fully saturated rings. The van der Waals surface area contributed by atoms with Gasteiger partial charge in [-0.2, -0.15) is 10.2 Å². The van der Waals surface area contributed by atoms with E-state index in [-0.39, 0.29) is 11.1 Å². The Bertz CT molecular complexity index is 1630. The molecule has 3 aromatic heterocycles. The molecule has 2 aromatic carbocycles. The number of hydrogen-bond donors (Lipinski definition) is 1. The van der Waals surface area contributed by atoms with Crippen LogP contribution in [-0.4, -0.2) is 36.8 Å². The fourth-order valence-corrected chi connectivity index (χ4v) is 4.29. The number of benzene rings is 2. The molecule has 2 amide bonds. The first kappa shape index (κ1) is 19.1. The number of imide groups is 1. The number of anilines is 1. The van der Waals surface area contributed by atoms with Crippen molar-refractivity contribution >= 4 is 50.6 Å². The van der Waals surface area contributed by atoms with E-state index in [2.05, 4.69) is 20.3 Å². The van der Waals surface area contributed by atoms with Gasteiger partial charge in [-0.15, -0.1) is 5.10 Å².